The van der Waals surface area contributed by atoms with Gasteiger partial charge in [-0.2, -0.15) is 26.3 Å². The number of alkyl halides is 6. The Morgan fingerprint density at radius 2 is 1.64 bits per heavy atom. The summed E-state index contributed by atoms with van der Waals surface area (Å²) in [5.41, 5.74) is -1.43. The van der Waals surface area contributed by atoms with Crippen LogP contribution < -0.4 is 4.74 Å². The van der Waals surface area contributed by atoms with Crippen LogP contribution in [0, 0.1) is 0 Å². The van der Waals surface area contributed by atoms with Crippen LogP contribution in [-0.4, -0.2) is 35.0 Å². The van der Waals surface area contributed by atoms with Gasteiger partial charge in [0.1, 0.15) is 11.8 Å². The normalized spacial score (nSPS) is 15.3. The molecule has 1 aromatic heterocycles. The number of carbonyl (C=O) groups excluding carboxylic acids is 1. The average Bonchev–Trinajstić information content (AvgIpc) is 2.57. The number of nitrogens with zero attached hydrogens (tertiary/aromatic N) is 2. The molecule has 0 saturated carbocycles. The zero-order valence-corrected chi connectivity index (χ0v) is 14.2. The Morgan fingerprint density at radius 1 is 1.00 bits per heavy atom. The minimum Gasteiger partial charge on any atom is -0.471 e. The van der Waals surface area contributed by atoms with Crippen molar-refractivity contribution >= 4 is 5.91 Å². The van der Waals surface area contributed by atoms with Crippen molar-refractivity contribution in [2.24, 2.45) is 0 Å². The van der Waals surface area contributed by atoms with Gasteiger partial charge in [-0.25, -0.2) is 4.98 Å². The number of pyridine rings is 1. The lowest BCUT2D eigenvalue weighted by Gasteiger charge is -2.38. The predicted molar refractivity (Wildman–Crippen MR) is 85.4 cm³/mol. The third-order valence-corrected chi connectivity index (χ3v) is 4.14. The molecule has 0 aliphatic carbocycles. The van der Waals surface area contributed by atoms with Crippen molar-refractivity contribution in [3.63, 3.8) is 0 Å². The maximum Gasteiger partial charge on any atom is 0.433 e. The summed E-state index contributed by atoms with van der Waals surface area (Å²) >= 11 is 0. The fraction of sp³-hybridized carbons (Fsp3) is 0.333. The molecule has 1 aliphatic heterocycles. The van der Waals surface area contributed by atoms with E-state index in [4.69, 9.17) is 4.74 Å². The van der Waals surface area contributed by atoms with E-state index in [1.807, 2.05) is 0 Å². The smallest absolute Gasteiger partial charge is 0.433 e. The monoisotopic (exact) mass is 404 g/mol. The minimum atomic E-state index is -4.58. The van der Waals surface area contributed by atoms with Crippen LogP contribution in [0.1, 0.15) is 16.8 Å². The highest BCUT2D eigenvalue weighted by molar-refractivity contribution is 5.79. The number of amides is 1. The summed E-state index contributed by atoms with van der Waals surface area (Å²) in [6.07, 6.45) is -9.59. The van der Waals surface area contributed by atoms with Crippen LogP contribution in [0.25, 0.3) is 0 Å². The number of aromatic nitrogens is 1. The summed E-state index contributed by atoms with van der Waals surface area (Å²) in [4.78, 5) is 16.9. The number of benzene rings is 1. The molecule has 0 bridgehead atoms. The van der Waals surface area contributed by atoms with Gasteiger partial charge in [-0.3, -0.25) is 4.79 Å². The van der Waals surface area contributed by atoms with Crippen LogP contribution in [0.15, 0.2) is 42.5 Å². The summed E-state index contributed by atoms with van der Waals surface area (Å²) < 4.78 is 80.8. The zero-order chi connectivity index (χ0) is 20.5. The van der Waals surface area contributed by atoms with Crippen molar-refractivity contribution < 1.29 is 35.9 Å². The van der Waals surface area contributed by atoms with Crippen molar-refractivity contribution in [2.45, 2.75) is 24.9 Å². The van der Waals surface area contributed by atoms with E-state index >= 15 is 0 Å². The third kappa shape index (κ3) is 4.73. The maximum atomic E-state index is 12.6. The fourth-order valence-corrected chi connectivity index (χ4v) is 2.62. The molecule has 0 radical (unpaired) electrons. The molecule has 1 aromatic carbocycles. The molecule has 28 heavy (non-hydrogen) atoms. The van der Waals surface area contributed by atoms with Crippen molar-refractivity contribution in [2.75, 3.05) is 13.1 Å². The second kappa shape index (κ2) is 7.33. The lowest BCUT2D eigenvalue weighted by molar-refractivity contribution is -0.142. The van der Waals surface area contributed by atoms with Crippen LogP contribution in [0.5, 0.6) is 5.88 Å². The molecule has 10 heteroatoms. The number of likely N-dealkylation sites (tertiary alicyclic amines) is 1. The fourth-order valence-electron chi connectivity index (χ4n) is 2.62. The van der Waals surface area contributed by atoms with Gasteiger partial charge >= 0.3 is 12.4 Å². The second-order valence-electron chi connectivity index (χ2n) is 6.27. The first-order chi connectivity index (χ1) is 13.0. The predicted octanol–water partition coefficient (Wildman–Crippen LogP) is 3.95. The first-order valence-electron chi connectivity index (χ1n) is 8.17. The molecule has 2 aromatic rings. The summed E-state index contributed by atoms with van der Waals surface area (Å²) in [5, 5.41) is 0. The van der Waals surface area contributed by atoms with Crippen LogP contribution in [0.4, 0.5) is 26.3 Å². The van der Waals surface area contributed by atoms with E-state index < -0.39 is 29.7 Å². The van der Waals surface area contributed by atoms with E-state index in [-0.39, 0.29) is 31.3 Å². The van der Waals surface area contributed by atoms with Crippen molar-refractivity contribution in [1.29, 1.82) is 0 Å². The van der Waals surface area contributed by atoms with E-state index in [1.165, 1.54) is 29.2 Å². The zero-order valence-electron chi connectivity index (χ0n) is 14.2. The Hall–Kier alpha value is -2.78. The highest BCUT2D eigenvalue weighted by Crippen LogP contribution is 2.30. The van der Waals surface area contributed by atoms with Gasteiger partial charge in [-0.05, 0) is 23.8 Å². The highest BCUT2D eigenvalue weighted by atomic mass is 19.4. The number of ether oxygens (including phenoxy) is 1. The van der Waals surface area contributed by atoms with E-state index in [1.54, 1.807) is 0 Å². The summed E-state index contributed by atoms with van der Waals surface area (Å²) in [6, 6.07) is 7.59. The van der Waals surface area contributed by atoms with Gasteiger partial charge in [-0.15, -0.1) is 0 Å². The summed E-state index contributed by atoms with van der Waals surface area (Å²) in [6.45, 7) is 0.328. The molecule has 2 heterocycles. The first kappa shape index (κ1) is 20.0. The molecule has 0 N–H and O–H groups in total. The maximum absolute atomic E-state index is 12.6. The standard InChI is InChI=1S/C18H14F6N2O2/c19-17(20,21)12-6-4-11(5-7-12)8-16(27)26-9-13(10-26)28-15-3-1-2-14(25-15)18(22,23)24/h1-7,13H,8-10H2. The van der Waals surface area contributed by atoms with E-state index in [2.05, 4.69) is 4.98 Å². The molecule has 1 saturated heterocycles. The van der Waals surface area contributed by atoms with Crippen LogP contribution >= 0.6 is 0 Å². The quantitative estimate of drug-likeness (QED) is 0.725. The van der Waals surface area contributed by atoms with Gasteiger partial charge in [0, 0.05) is 6.07 Å². The average molecular weight is 404 g/mol. The molecular weight excluding hydrogens is 390 g/mol. The Labute approximate surface area is 155 Å². The number of hydrogen-bond donors (Lipinski definition) is 0. The lowest BCUT2D eigenvalue weighted by Crippen LogP contribution is -2.56. The van der Waals surface area contributed by atoms with Crippen molar-refractivity contribution in [1.82, 2.24) is 9.88 Å². The Bertz CT molecular complexity index is 842. The van der Waals surface area contributed by atoms with Gasteiger partial charge in [-0.1, -0.05) is 18.2 Å². The molecule has 150 valence electrons. The van der Waals surface area contributed by atoms with E-state index in [9.17, 15) is 31.1 Å². The molecule has 4 nitrogen and oxygen atoms in total. The van der Waals surface area contributed by atoms with E-state index in [0.29, 0.717) is 5.56 Å². The van der Waals surface area contributed by atoms with E-state index in [0.717, 1.165) is 18.2 Å². The van der Waals surface area contributed by atoms with Crippen molar-refractivity contribution in [3.05, 3.63) is 59.3 Å². The SMILES string of the molecule is O=C(Cc1ccc(C(F)(F)F)cc1)N1CC(Oc2cccc(C(F)(F)F)n2)C1. The van der Waals surface area contributed by atoms with Gasteiger partial charge in [0.25, 0.3) is 0 Å². The molecule has 1 fully saturated rings. The summed E-state index contributed by atoms with van der Waals surface area (Å²) in [7, 11) is 0. The Kier molecular flexibility index (Phi) is 5.22. The Morgan fingerprint density at radius 3 is 2.21 bits per heavy atom. The van der Waals surface area contributed by atoms with Crippen molar-refractivity contribution in [3.8, 4) is 5.88 Å². The molecule has 1 aliphatic rings. The van der Waals surface area contributed by atoms with Gasteiger partial charge in [0.05, 0.1) is 25.1 Å². The number of hydrogen-bond acceptors (Lipinski definition) is 3. The second-order valence-corrected chi connectivity index (χ2v) is 6.27. The molecule has 3 rings (SSSR count). The number of rotatable bonds is 4. The third-order valence-electron chi connectivity index (χ3n) is 4.14. The highest BCUT2D eigenvalue weighted by Gasteiger charge is 2.35. The van der Waals surface area contributed by atoms with Crippen LogP contribution in [0.3, 0.4) is 0 Å². The van der Waals surface area contributed by atoms with Crippen LogP contribution in [-0.2, 0) is 23.6 Å². The largest absolute Gasteiger partial charge is 0.471 e. The number of carbonyl (C=O) groups is 1. The lowest BCUT2D eigenvalue weighted by atomic mass is 10.1. The van der Waals surface area contributed by atoms with Gasteiger partial charge < -0.3 is 9.64 Å². The molecule has 0 atom stereocenters. The summed E-state index contributed by atoms with van der Waals surface area (Å²) in [5.74, 6) is -0.494. The van der Waals surface area contributed by atoms with Gasteiger partial charge in [0.2, 0.25) is 11.8 Å². The minimum absolute atomic E-state index is 0.0767. The first-order valence-corrected chi connectivity index (χ1v) is 8.17. The molecular formula is C18H14F6N2O2. The molecule has 0 unspecified atom stereocenters. The van der Waals surface area contributed by atoms with Gasteiger partial charge in [0.15, 0.2) is 0 Å². The molecule has 1 amide bonds. The Balaban J connectivity index is 1.50. The number of halogens is 6. The topological polar surface area (TPSA) is 42.4 Å². The molecule has 0 spiro atoms. The van der Waals surface area contributed by atoms with Crippen LogP contribution in [0.2, 0.25) is 0 Å².